The molecule has 0 saturated carbocycles. The Morgan fingerprint density at radius 1 is 1.04 bits per heavy atom. The van der Waals surface area contributed by atoms with E-state index in [0.29, 0.717) is 11.1 Å². The van der Waals surface area contributed by atoms with Crippen LogP contribution in [0.15, 0.2) is 59.5 Å². The van der Waals surface area contributed by atoms with E-state index >= 15 is 0 Å². The molecule has 0 unspecified atom stereocenters. The van der Waals surface area contributed by atoms with Crippen LogP contribution in [0.3, 0.4) is 0 Å². The number of hydrogen-bond acceptors (Lipinski definition) is 5. The van der Waals surface area contributed by atoms with Gasteiger partial charge >= 0.3 is 0 Å². The second-order valence-electron chi connectivity index (χ2n) is 5.60. The maximum absolute atomic E-state index is 12.4. The van der Waals surface area contributed by atoms with Gasteiger partial charge in [0, 0.05) is 5.56 Å². The van der Waals surface area contributed by atoms with Gasteiger partial charge in [-0.15, -0.1) is 0 Å². The number of hydroxylamine groups is 1. The molecule has 0 aliphatic rings. The van der Waals surface area contributed by atoms with E-state index in [9.17, 15) is 18.0 Å². The van der Waals surface area contributed by atoms with Gasteiger partial charge in [0.1, 0.15) is 0 Å². The molecular formula is C18H20N2O5S. The topological polar surface area (TPSA) is 113 Å². The summed E-state index contributed by atoms with van der Waals surface area (Å²) in [5, 5.41) is 11.5. The molecule has 0 saturated heterocycles. The number of rotatable bonds is 7. The Hall–Kier alpha value is -2.71. The molecule has 0 aromatic heterocycles. The summed E-state index contributed by atoms with van der Waals surface area (Å²) in [5.74, 6) is -1.08. The van der Waals surface area contributed by atoms with Gasteiger partial charge in [0.25, 0.3) is 5.91 Å². The van der Waals surface area contributed by atoms with E-state index in [1.807, 2.05) is 0 Å². The summed E-state index contributed by atoms with van der Waals surface area (Å²) >= 11 is 0. The second-order valence-corrected chi connectivity index (χ2v) is 7.88. The predicted molar refractivity (Wildman–Crippen MR) is 95.4 cm³/mol. The molecule has 0 aliphatic heterocycles. The Bertz CT molecular complexity index is 864. The van der Waals surface area contributed by atoms with Crippen molar-refractivity contribution in [3.63, 3.8) is 0 Å². The number of carbonyl (C=O) groups is 2. The van der Waals surface area contributed by atoms with Gasteiger partial charge in [-0.1, -0.05) is 37.3 Å². The number of nitrogens with one attached hydrogen (secondary N) is 2. The highest BCUT2D eigenvalue weighted by Crippen LogP contribution is 2.21. The van der Waals surface area contributed by atoms with Gasteiger partial charge in [-0.2, -0.15) is 0 Å². The minimum atomic E-state index is -3.34. The summed E-state index contributed by atoms with van der Waals surface area (Å²) in [6.07, 6.45) is -0.199. The van der Waals surface area contributed by atoms with Crippen molar-refractivity contribution in [2.45, 2.75) is 24.3 Å². The van der Waals surface area contributed by atoms with Gasteiger partial charge in [-0.25, -0.2) is 13.9 Å². The minimum Gasteiger partial charge on any atom is -0.345 e. The van der Waals surface area contributed by atoms with Gasteiger partial charge in [0.05, 0.1) is 23.1 Å². The zero-order valence-electron chi connectivity index (χ0n) is 14.2. The lowest BCUT2D eigenvalue weighted by Gasteiger charge is -2.19. The fourth-order valence-electron chi connectivity index (χ4n) is 2.39. The summed E-state index contributed by atoms with van der Waals surface area (Å²) in [5.41, 5.74) is 2.51. The Kier molecular flexibility index (Phi) is 6.48. The lowest BCUT2D eigenvalue weighted by Crippen LogP contribution is -2.33. The van der Waals surface area contributed by atoms with E-state index in [4.69, 9.17) is 5.21 Å². The van der Waals surface area contributed by atoms with Crippen molar-refractivity contribution < 1.29 is 23.2 Å². The van der Waals surface area contributed by atoms with E-state index < -0.39 is 21.8 Å². The molecule has 0 radical (unpaired) electrons. The summed E-state index contributed by atoms with van der Waals surface area (Å²) in [7, 11) is -3.34. The Balaban J connectivity index is 2.27. The minimum absolute atomic E-state index is 0.0204. The maximum atomic E-state index is 12.4. The molecule has 0 heterocycles. The summed E-state index contributed by atoms with van der Waals surface area (Å²) in [6, 6.07) is 13.7. The van der Waals surface area contributed by atoms with Crippen molar-refractivity contribution in [1.82, 2.24) is 10.8 Å². The van der Waals surface area contributed by atoms with Crippen molar-refractivity contribution >= 4 is 21.7 Å². The van der Waals surface area contributed by atoms with Crippen molar-refractivity contribution in [3.05, 3.63) is 65.7 Å². The van der Waals surface area contributed by atoms with Crippen LogP contribution in [-0.2, 0) is 14.6 Å². The molecule has 138 valence electrons. The molecule has 0 fully saturated rings. The Morgan fingerprint density at radius 3 is 2.19 bits per heavy atom. The van der Waals surface area contributed by atoms with Gasteiger partial charge in [-0.3, -0.25) is 14.8 Å². The van der Waals surface area contributed by atoms with Gasteiger partial charge in [0.2, 0.25) is 5.91 Å². The molecular weight excluding hydrogens is 356 g/mol. The first kappa shape index (κ1) is 19.6. The summed E-state index contributed by atoms with van der Waals surface area (Å²) in [6.45, 7) is 1.55. The van der Waals surface area contributed by atoms with Gasteiger partial charge < -0.3 is 5.32 Å². The van der Waals surface area contributed by atoms with E-state index in [0.717, 1.165) is 0 Å². The number of benzene rings is 2. The predicted octanol–water partition coefficient (Wildman–Crippen LogP) is 1.85. The molecule has 2 aromatic carbocycles. The molecule has 0 spiro atoms. The first-order valence-corrected chi connectivity index (χ1v) is 9.64. The van der Waals surface area contributed by atoms with Crippen LogP contribution in [0.4, 0.5) is 0 Å². The standard InChI is InChI=1S/C18H20N2O5S/c1-2-26(24,25)15-10-8-13(9-11-15)16(12-17(21)20-23)19-18(22)14-6-4-3-5-7-14/h3-11,16,23H,2,12H2,1H3,(H,19,22)(H,20,21)/t16-/m1/s1. The zero-order valence-corrected chi connectivity index (χ0v) is 15.0. The molecule has 2 rings (SSSR count). The lowest BCUT2D eigenvalue weighted by atomic mass is 10.0. The first-order valence-electron chi connectivity index (χ1n) is 7.99. The van der Waals surface area contributed by atoms with Crippen molar-refractivity contribution in [2.24, 2.45) is 0 Å². The molecule has 8 heteroatoms. The molecule has 0 bridgehead atoms. The van der Waals surface area contributed by atoms with Crippen molar-refractivity contribution in [1.29, 1.82) is 0 Å². The molecule has 7 nitrogen and oxygen atoms in total. The van der Waals surface area contributed by atoms with E-state index in [2.05, 4.69) is 5.32 Å². The molecule has 3 N–H and O–H groups in total. The van der Waals surface area contributed by atoms with E-state index in [1.165, 1.54) is 17.6 Å². The van der Waals surface area contributed by atoms with Crippen LogP contribution in [0, 0.1) is 0 Å². The van der Waals surface area contributed by atoms with Crippen LogP contribution >= 0.6 is 0 Å². The molecule has 2 aromatic rings. The number of sulfone groups is 1. The second kappa shape index (κ2) is 8.59. The fraction of sp³-hybridized carbons (Fsp3) is 0.222. The smallest absolute Gasteiger partial charge is 0.251 e. The highest BCUT2D eigenvalue weighted by atomic mass is 32.2. The average Bonchev–Trinajstić information content (AvgIpc) is 2.68. The Labute approximate surface area is 151 Å². The largest absolute Gasteiger partial charge is 0.345 e. The van der Waals surface area contributed by atoms with Crippen molar-refractivity contribution in [3.8, 4) is 0 Å². The normalized spacial score (nSPS) is 12.2. The molecule has 0 aliphatic carbocycles. The van der Waals surface area contributed by atoms with Gasteiger partial charge in [0.15, 0.2) is 9.84 Å². The average molecular weight is 376 g/mol. The molecule has 26 heavy (non-hydrogen) atoms. The van der Waals surface area contributed by atoms with Crippen LogP contribution in [0.2, 0.25) is 0 Å². The number of carbonyl (C=O) groups excluding carboxylic acids is 2. The monoisotopic (exact) mass is 376 g/mol. The fourth-order valence-corrected chi connectivity index (χ4v) is 3.27. The Morgan fingerprint density at radius 2 is 1.65 bits per heavy atom. The number of hydrogen-bond donors (Lipinski definition) is 3. The van der Waals surface area contributed by atoms with Crippen molar-refractivity contribution in [2.75, 3.05) is 5.75 Å². The van der Waals surface area contributed by atoms with Crippen LogP contribution in [0.5, 0.6) is 0 Å². The zero-order chi connectivity index (χ0) is 19.2. The summed E-state index contributed by atoms with van der Waals surface area (Å²) < 4.78 is 23.8. The van der Waals surface area contributed by atoms with E-state index in [1.54, 1.807) is 49.4 Å². The molecule has 1 atom stereocenters. The first-order chi connectivity index (χ1) is 12.4. The highest BCUT2D eigenvalue weighted by Gasteiger charge is 2.20. The molecule has 2 amide bonds. The third kappa shape index (κ3) is 4.90. The van der Waals surface area contributed by atoms with E-state index in [-0.39, 0.29) is 23.0 Å². The number of amides is 2. The van der Waals surface area contributed by atoms with Crippen LogP contribution in [0.25, 0.3) is 0 Å². The van der Waals surface area contributed by atoms with Crippen LogP contribution in [-0.4, -0.2) is 31.2 Å². The van der Waals surface area contributed by atoms with Crippen LogP contribution < -0.4 is 10.8 Å². The SMILES string of the molecule is CCS(=O)(=O)c1ccc([C@@H](CC(=O)NO)NC(=O)c2ccccc2)cc1. The lowest BCUT2D eigenvalue weighted by molar-refractivity contribution is -0.129. The van der Waals surface area contributed by atoms with Gasteiger partial charge in [-0.05, 0) is 29.8 Å². The summed E-state index contributed by atoms with van der Waals surface area (Å²) in [4.78, 5) is 24.1. The van der Waals surface area contributed by atoms with Crippen LogP contribution in [0.1, 0.15) is 35.3 Å². The highest BCUT2D eigenvalue weighted by molar-refractivity contribution is 7.91. The third-order valence-corrected chi connectivity index (χ3v) is 5.63. The quantitative estimate of drug-likeness (QED) is 0.504. The maximum Gasteiger partial charge on any atom is 0.251 e. The third-order valence-electron chi connectivity index (χ3n) is 3.88.